The number of rotatable bonds is 2. The zero-order valence-electron chi connectivity index (χ0n) is 21.8. The number of anilines is 3. The molecule has 212 valence electrons. The molecule has 0 unspecified atom stereocenters. The number of piperazine rings is 1. The van der Waals surface area contributed by atoms with Crippen molar-refractivity contribution in [1.29, 1.82) is 0 Å². The van der Waals surface area contributed by atoms with Crippen molar-refractivity contribution < 1.29 is 27.4 Å². The van der Waals surface area contributed by atoms with Crippen LogP contribution in [0, 0.1) is 0 Å². The van der Waals surface area contributed by atoms with Crippen LogP contribution in [0.3, 0.4) is 0 Å². The van der Waals surface area contributed by atoms with E-state index >= 15 is 0 Å². The molecule has 6 aliphatic heterocycles. The molecule has 3 aromatic rings. The molecule has 1 saturated heterocycles. The van der Waals surface area contributed by atoms with Crippen LogP contribution >= 0.6 is 0 Å². The van der Waals surface area contributed by atoms with Crippen molar-refractivity contribution >= 4 is 23.5 Å². The Bertz CT molecular complexity index is 1280. The van der Waals surface area contributed by atoms with Crippen LogP contribution in [0.25, 0.3) is 0 Å². The van der Waals surface area contributed by atoms with Gasteiger partial charge in [0.05, 0.1) is 6.61 Å². The Labute approximate surface area is 229 Å². The molecule has 10 nitrogen and oxygen atoms in total. The van der Waals surface area contributed by atoms with Gasteiger partial charge >= 0.3 is 12.2 Å². The van der Waals surface area contributed by atoms with Gasteiger partial charge in [-0.25, -0.2) is 0 Å². The average molecular weight is 558 g/mol. The van der Waals surface area contributed by atoms with Crippen molar-refractivity contribution in [2.24, 2.45) is 0 Å². The standard InChI is InChI=1S/C27H30F3N7O3/c28-27(29,30)18-40-26-34-24-31-17-19-3-9-22(10-4-19)39-16-2-1-11-36-12-14-37(15-13-36)23(38)20-5-7-21(8-6-20)32-25(33-24)35-26/h3-10H,1-2,11-18H2,(H2,31,32,33,34,35). The number of amides is 1. The van der Waals surface area contributed by atoms with Crippen LogP contribution in [0.15, 0.2) is 48.5 Å². The summed E-state index contributed by atoms with van der Waals surface area (Å²) in [6.45, 7) is 3.30. The largest absolute Gasteiger partial charge is 0.494 e. The first-order chi connectivity index (χ1) is 19.3. The Balaban J connectivity index is 1.37. The molecule has 6 aliphatic rings. The third kappa shape index (κ3) is 7.72. The first kappa shape index (κ1) is 27.4. The molecule has 2 aromatic carbocycles. The number of fused-ring (bicyclic) bond motifs is 1. The maximum absolute atomic E-state index is 13.0. The van der Waals surface area contributed by atoms with Gasteiger partial charge in [0.25, 0.3) is 5.91 Å². The molecule has 1 fully saturated rings. The number of ether oxygens (including phenoxy) is 2. The SMILES string of the molecule is O=C1c2ccc(cc2)Nc2nc(nc(OCC(F)(F)F)n2)NCc2ccc(cc2)OCCCCN2CCN1CC2. The molecule has 8 bridgehead atoms. The van der Waals surface area contributed by atoms with E-state index in [9.17, 15) is 18.0 Å². The summed E-state index contributed by atoms with van der Waals surface area (Å²) < 4.78 is 48.9. The quantitative estimate of drug-likeness (QED) is 0.482. The van der Waals surface area contributed by atoms with E-state index in [1.165, 1.54) is 0 Å². The number of hydrogen-bond acceptors (Lipinski definition) is 9. The summed E-state index contributed by atoms with van der Waals surface area (Å²) in [5.41, 5.74) is 1.99. The van der Waals surface area contributed by atoms with Crippen molar-refractivity contribution in [3.8, 4) is 11.8 Å². The van der Waals surface area contributed by atoms with Gasteiger partial charge in [-0.3, -0.25) is 9.69 Å². The molecular formula is C27H30F3N7O3. The second-order valence-electron chi connectivity index (χ2n) is 9.56. The molecule has 0 saturated carbocycles. The summed E-state index contributed by atoms with van der Waals surface area (Å²) in [7, 11) is 0. The summed E-state index contributed by atoms with van der Waals surface area (Å²) in [4.78, 5) is 29.5. The molecule has 40 heavy (non-hydrogen) atoms. The van der Waals surface area contributed by atoms with Crippen LogP contribution in [-0.4, -0.2) is 82.8 Å². The topological polar surface area (TPSA) is 105 Å². The van der Waals surface area contributed by atoms with Gasteiger partial charge in [0.1, 0.15) is 5.75 Å². The van der Waals surface area contributed by atoms with Gasteiger partial charge in [0.2, 0.25) is 11.9 Å². The van der Waals surface area contributed by atoms with Gasteiger partial charge in [-0.1, -0.05) is 12.1 Å². The van der Waals surface area contributed by atoms with Gasteiger partial charge in [0, 0.05) is 44.0 Å². The number of nitrogens with zero attached hydrogens (tertiary/aromatic N) is 5. The highest BCUT2D eigenvalue weighted by atomic mass is 19.4. The Morgan fingerprint density at radius 1 is 0.875 bits per heavy atom. The molecular weight excluding hydrogens is 527 g/mol. The molecule has 2 N–H and O–H groups in total. The predicted octanol–water partition coefficient (Wildman–Crippen LogP) is 4.10. The molecule has 0 atom stereocenters. The van der Waals surface area contributed by atoms with E-state index in [2.05, 4.69) is 30.5 Å². The first-order valence-electron chi connectivity index (χ1n) is 13.1. The van der Waals surface area contributed by atoms with Crippen LogP contribution in [0.4, 0.5) is 30.8 Å². The minimum Gasteiger partial charge on any atom is -0.494 e. The molecule has 1 amide bonds. The third-order valence-corrected chi connectivity index (χ3v) is 6.54. The maximum Gasteiger partial charge on any atom is 0.422 e. The van der Waals surface area contributed by atoms with Crippen LogP contribution in [0.2, 0.25) is 0 Å². The van der Waals surface area contributed by atoms with Gasteiger partial charge in [0.15, 0.2) is 6.61 Å². The maximum atomic E-state index is 13.0. The zero-order chi connectivity index (χ0) is 28.0. The van der Waals surface area contributed by atoms with E-state index in [1.807, 2.05) is 29.2 Å². The third-order valence-electron chi connectivity index (χ3n) is 6.54. The molecule has 13 heteroatoms. The van der Waals surface area contributed by atoms with Crippen molar-refractivity contribution in [3.63, 3.8) is 0 Å². The van der Waals surface area contributed by atoms with Crippen molar-refractivity contribution in [2.75, 3.05) is 56.6 Å². The Hall–Kier alpha value is -4.13. The smallest absolute Gasteiger partial charge is 0.422 e. The summed E-state index contributed by atoms with van der Waals surface area (Å²) >= 11 is 0. The van der Waals surface area contributed by atoms with E-state index < -0.39 is 18.8 Å². The van der Waals surface area contributed by atoms with Gasteiger partial charge < -0.3 is 25.0 Å². The average Bonchev–Trinajstić information content (AvgIpc) is 2.95. The molecule has 0 aliphatic carbocycles. The lowest BCUT2D eigenvalue weighted by Gasteiger charge is -2.34. The number of hydrogen-bond donors (Lipinski definition) is 2. The lowest BCUT2D eigenvalue weighted by molar-refractivity contribution is -0.154. The number of aromatic nitrogens is 3. The summed E-state index contributed by atoms with van der Waals surface area (Å²) in [5.74, 6) is 0.734. The van der Waals surface area contributed by atoms with Crippen LogP contribution in [0.1, 0.15) is 28.8 Å². The minimum absolute atomic E-state index is 0.0110. The fourth-order valence-corrected chi connectivity index (χ4v) is 4.40. The van der Waals surface area contributed by atoms with E-state index in [4.69, 9.17) is 9.47 Å². The number of carbonyl (C=O) groups excluding carboxylic acids is 1. The molecule has 1 aromatic heterocycles. The number of alkyl halides is 3. The Morgan fingerprint density at radius 3 is 2.33 bits per heavy atom. The lowest BCUT2D eigenvalue weighted by Crippen LogP contribution is -2.48. The highest BCUT2D eigenvalue weighted by molar-refractivity contribution is 5.94. The van der Waals surface area contributed by atoms with Gasteiger partial charge in [-0.15, -0.1) is 0 Å². The van der Waals surface area contributed by atoms with Crippen molar-refractivity contribution in [3.05, 3.63) is 59.7 Å². The fraction of sp³-hybridized carbons (Fsp3) is 0.407. The van der Waals surface area contributed by atoms with Crippen molar-refractivity contribution in [1.82, 2.24) is 24.8 Å². The monoisotopic (exact) mass is 557 g/mol. The van der Waals surface area contributed by atoms with Gasteiger partial charge in [-0.05, 0) is 61.3 Å². The second kappa shape index (κ2) is 12.4. The summed E-state index contributed by atoms with van der Waals surface area (Å²) in [5, 5.41) is 5.96. The predicted molar refractivity (Wildman–Crippen MR) is 142 cm³/mol. The molecule has 0 spiro atoms. The van der Waals surface area contributed by atoms with E-state index in [0.29, 0.717) is 37.5 Å². The summed E-state index contributed by atoms with van der Waals surface area (Å²) in [6, 6.07) is 13.8. The van der Waals surface area contributed by atoms with E-state index in [-0.39, 0.29) is 17.8 Å². The van der Waals surface area contributed by atoms with E-state index in [0.717, 1.165) is 43.8 Å². The fourth-order valence-electron chi connectivity index (χ4n) is 4.40. The van der Waals surface area contributed by atoms with Crippen LogP contribution in [-0.2, 0) is 6.54 Å². The normalized spacial score (nSPS) is 17.1. The molecule has 0 radical (unpaired) electrons. The summed E-state index contributed by atoms with van der Waals surface area (Å²) in [6.07, 6.45) is -2.62. The van der Waals surface area contributed by atoms with Crippen LogP contribution < -0.4 is 20.1 Å². The first-order valence-corrected chi connectivity index (χ1v) is 13.1. The highest BCUT2D eigenvalue weighted by Gasteiger charge is 2.29. The Kier molecular flexibility index (Phi) is 8.48. The molecule has 9 rings (SSSR count). The number of nitrogens with one attached hydrogen (secondary N) is 2. The minimum atomic E-state index is -4.55. The molecule has 7 heterocycles. The number of halogens is 3. The number of carbonyl (C=O) groups is 1. The lowest BCUT2D eigenvalue weighted by atomic mass is 10.1. The van der Waals surface area contributed by atoms with Crippen molar-refractivity contribution in [2.45, 2.75) is 25.6 Å². The van der Waals surface area contributed by atoms with Gasteiger partial charge in [-0.2, -0.15) is 28.1 Å². The second-order valence-corrected chi connectivity index (χ2v) is 9.56. The zero-order valence-corrected chi connectivity index (χ0v) is 21.8. The van der Waals surface area contributed by atoms with E-state index in [1.54, 1.807) is 24.3 Å². The number of benzene rings is 2. The van der Waals surface area contributed by atoms with Crippen LogP contribution in [0.5, 0.6) is 11.8 Å². The highest BCUT2D eigenvalue weighted by Crippen LogP contribution is 2.22. The Morgan fingerprint density at radius 2 is 1.60 bits per heavy atom.